The molecule has 0 radical (unpaired) electrons. The van der Waals surface area contributed by atoms with Crippen molar-refractivity contribution in [1.82, 2.24) is 24.4 Å². The van der Waals surface area contributed by atoms with Gasteiger partial charge in [-0.25, -0.2) is 19.7 Å². The average Bonchev–Trinajstić information content (AvgIpc) is 3.24. The van der Waals surface area contributed by atoms with Crippen LogP contribution < -0.4 is 0 Å². The minimum atomic E-state index is -0.490. The summed E-state index contributed by atoms with van der Waals surface area (Å²) in [5.74, 6) is 0. The number of ether oxygens (including phenoxy) is 1. The van der Waals surface area contributed by atoms with E-state index in [2.05, 4.69) is 40.7 Å². The van der Waals surface area contributed by atoms with Gasteiger partial charge in [0.15, 0.2) is 5.16 Å². The number of aryl methyl sites for hydroxylation is 1. The molecular formula is C25H31N5O2S. The number of amides is 1. The van der Waals surface area contributed by atoms with Crippen molar-refractivity contribution in [3.63, 3.8) is 0 Å². The van der Waals surface area contributed by atoms with E-state index in [1.807, 2.05) is 39.4 Å². The first-order valence-electron chi connectivity index (χ1n) is 11.2. The van der Waals surface area contributed by atoms with Crippen LogP contribution in [0, 0.1) is 6.92 Å². The van der Waals surface area contributed by atoms with Gasteiger partial charge in [-0.05, 0) is 52.9 Å². The van der Waals surface area contributed by atoms with Gasteiger partial charge >= 0.3 is 6.09 Å². The number of piperidine rings is 1. The predicted molar refractivity (Wildman–Crippen MR) is 131 cm³/mol. The Hall–Kier alpha value is -2.87. The number of nitrogens with zero attached hydrogens (tertiary/aromatic N) is 5. The number of imidazole rings is 1. The Bertz CT molecular complexity index is 1110. The first-order valence-corrected chi connectivity index (χ1v) is 12.5. The minimum Gasteiger partial charge on any atom is -0.444 e. The third kappa shape index (κ3) is 5.38. The topological polar surface area (TPSA) is 73.1 Å². The SMILES string of the molecule is CSc1nccc(-c2c(-c3ccc(C)cc3)ncn2C2CCN(C(=O)OC(C)(C)C)CC2)n1. The molecule has 1 aliphatic rings. The Morgan fingerprint density at radius 3 is 2.42 bits per heavy atom. The van der Waals surface area contributed by atoms with E-state index < -0.39 is 5.60 Å². The van der Waals surface area contributed by atoms with Crippen LogP contribution in [0.4, 0.5) is 4.79 Å². The standard InChI is InChI=1S/C25H31N5O2S/c1-17-6-8-18(9-7-17)21-22(20-10-13-26-23(28-20)33-5)30(16-27-21)19-11-14-29(15-12-19)24(31)32-25(2,3)4/h6-10,13,16,19H,11-12,14-15H2,1-5H3. The summed E-state index contributed by atoms with van der Waals surface area (Å²) in [7, 11) is 0. The molecule has 1 saturated heterocycles. The van der Waals surface area contributed by atoms with Gasteiger partial charge in [0, 0.05) is 30.9 Å². The number of hydrogen-bond donors (Lipinski definition) is 0. The fourth-order valence-corrected chi connectivity index (χ4v) is 4.39. The molecule has 0 unspecified atom stereocenters. The maximum atomic E-state index is 12.5. The van der Waals surface area contributed by atoms with Crippen LogP contribution in [0.25, 0.3) is 22.6 Å². The van der Waals surface area contributed by atoms with Crippen molar-refractivity contribution in [2.45, 2.75) is 57.3 Å². The summed E-state index contributed by atoms with van der Waals surface area (Å²) < 4.78 is 7.79. The number of benzene rings is 1. The highest BCUT2D eigenvalue weighted by atomic mass is 32.2. The molecule has 1 fully saturated rings. The molecular weight excluding hydrogens is 434 g/mol. The molecule has 0 saturated carbocycles. The molecule has 4 rings (SSSR count). The van der Waals surface area contributed by atoms with E-state index in [1.54, 1.807) is 11.1 Å². The lowest BCUT2D eigenvalue weighted by atomic mass is 10.0. The van der Waals surface area contributed by atoms with Crippen molar-refractivity contribution < 1.29 is 9.53 Å². The van der Waals surface area contributed by atoms with Crippen molar-refractivity contribution >= 4 is 17.9 Å². The molecule has 3 heterocycles. The van der Waals surface area contributed by atoms with Crippen molar-refractivity contribution in [3.8, 4) is 22.6 Å². The number of hydrogen-bond acceptors (Lipinski definition) is 6. The third-order valence-corrected chi connectivity index (χ3v) is 6.25. The molecule has 0 bridgehead atoms. The van der Waals surface area contributed by atoms with Crippen LogP contribution in [0.3, 0.4) is 0 Å². The Balaban J connectivity index is 1.65. The van der Waals surface area contributed by atoms with E-state index in [9.17, 15) is 4.79 Å². The highest BCUT2D eigenvalue weighted by Gasteiger charge is 2.29. The Morgan fingerprint density at radius 1 is 1.09 bits per heavy atom. The molecule has 174 valence electrons. The van der Waals surface area contributed by atoms with Gasteiger partial charge in [0.05, 0.1) is 23.4 Å². The zero-order chi connectivity index (χ0) is 23.6. The van der Waals surface area contributed by atoms with Crippen molar-refractivity contribution in [2.75, 3.05) is 19.3 Å². The Labute approximate surface area is 199 Å². The minimum absolute atomic E-state index is 0.220. The van der Waals surface area contributed by atoms with Crippen LogP contribution in [0.5, 0.6) is 0 Å². The molecule has 0 atom stereocenters. The summed E-state index contributed by atoms with van der Waals surface area (Å²) in [6, 6.07) is 10.6. The van der Waals surface area contributed by atoms with E-state index in [1.165, 1.54) is 17.3 Å². The summed E-state index contributed by atoms with van der Waals surface area (Å²) in [6.07, 6.45) is 7.11. The number of rotatable bonds is 4. The molecule has 1 aromatic carbocycles. The van der Waals surface area contributed by atoms with Crippen molar-refractivity contribution in [1.29, 1.82) is 0 Å². The molecule has 33 heavy (non-hydrogen) atoms. The fourth-order valence-electron chi connectivity index (χ4n) is 4.04. The number of likely N-dealkylation sites (tertiary alicyclic amines) is 1. The lowest BCUT2D eigenvalue weighted by molar-refractivity contribution is 0.0189. The van der Waals surface area contributed by atoms with Gasteiger partial charge in [0.2, 0.25) is 0 Å². The van der Waals surface area contributed by atoms with Gasteiger partial charge < -0.3 is 14.2 Å². The number of carbonyl (C=O) groups is 1. The lowest BCUT2D eigenvalue weighted by Gasteiger charge is -2.34. The number of aromatic nitrogens is 4. The molecule has 0 N–H and O–H groups in total. The molecule has 8 heteroatoms. The molecule has 7 nitrogen and oxygen atoms in total. The second kappa shape index (κ2) is 9.55. The maximum Gasteiger partial charge on any atom is 0.410 e. The summed E-state index contributed by atoms with van der Waals surface area (Å²) in [5, 5.41) is 0.731. The summed E-state index contributed by atoms with van der Waals surface area (Å²) >= 11 is 1.52. The summed E-state index contributed by atoms with van der Waals surface area (Å²) in [5.41, 5.74) is 4.54. The number of thioether (sulfide) groups is 1. The van der Waals surface area contributed by atoms with Gasteiger partial charge in [-0.2, -0.15) is 0 Å². The van der Waals surface area contributed by atoms with Gasteiger partial charge in [0.1, 0.15) is 5.60 Å². The maximum absolute atomic E-state index is 12.5. The quantitative estimate of drug-likeness (QED) is 0.368. The number of carbonyl (C=O) groups excluding carboxylic acids is 1. The van der Waals surface area contributed by atoms with Gasteiger partial charge in [-0.3, -0.25) is 0 Å². The lowest BCUT2D eigenvalue weighted by Crippen LogP contribution is -2.42. The molecule has 1 amide bonds. The van der Waals surface area contributed by atoms with Gasteiger partial charge in [-0.15, -0.1) is 0 Å². The van der Waals surface area contributed by atoms with Crippen molar-refractivity contribution in [3.05, 3.63) is 48.4 Å². The first kappa shape index (κ1) is 23.3. The molecule has 0 spiro atoms. The molecule has 1 aliphatic heterocycles. The van der Waals surface area contributed by atoms with E-state index in [4.69, 9.17) is 14.7 Å². The van der Waals surface area contributed by atoms with Gasteiger partial charge in [-0.1, -0.05) is 41.6 Å². The zero-order valence-corrected chi connectivity index (χ0v) is 20.7. The van der Waals surface area contributed by atoms with E-state index in [-0.39, 0.29) is 12.1 Å². The van der Waals surface area contributed by atoms with Crippen LogP contribution in [0.2, 0.25) is 0 Å². The van der Waals surface area contributed by atoms with Crippen LogP contribution in [-0.4, -0.2) is 55.5 Å². The second-order valence-electron chi connectivity index (χ2n) is 9.34. The van der Waals surface area contributed by atoms with Crippen LogP contribution in [0.1, 0.15) is 45.2 Å². The predicted octanol–water partition coefficient (Wildman–Crippen LogP) is 5.61. The Morgan fingerprint density at radius 2 is 1.79 bits per heavy atom. The van der Waals surface area contributed by atoms with Crippen LogP contribution in [-0.2, 0) is 4.74 Å². The summed E-state index contributed by atoms with van der Waals surface area (Å²) in [6.45, 7) is 9.07. The van der Waals surface area contributed by atoms with E-state index in [0.717, 1.165) is 40.6 Å². The van der Waals surface area contributed by atoms with Crippen molar-refractivity contribution in [2.24, 2.45) is 0 Å². The molecule has 0 aliphatic carbocycles. The van der Waals surface area contributed by atoms with Gasteiger partial charge in [0.25, 0.3) is 0 Å². The van der Waals surface area contributed by atoms with E-state index >= 15 is 0 Å². The fraction of sp³-hybridized carbons (Fsp3) is 0.440. The van der Waals surface area contributed by atoms with Crippen LogP contribution >= 0.6 is 11.8 Å². The normalized spacial score (nSPS) is 15.0. The smallest absolute Gasteiger partial charge is 0.410 e. The Kier molecular flexibility index (Phi) is 6.74. The molecule has 3 aromatic rings. The zero-order valence-electron chi connectivity index (χ0n) is 19.9. The average molecular weight is 466 g/mol. The summed E-state index contributed by atoms with van der Waals surface area (Å²) in [4.78, 5) is 28.2. The largest absolute Gasteiger partial charge is 0.444 e. The van der Waals surface area contributed by atoms with E-state index in [0.29, 0.717) is 13.1 Å². The highest BCUT2D eigenvalue weighted by molar-refractivity contribution is 7.98. The second-order valence-corrected chi connectivity index (χ2v) is 10.1. The monoisotopic (exact) mass is 465 g/mol. The third-order valence-electron chi connectivity index (χ3n) is 5.69. The first-order chi connectivity index (χ1) is 15.7. The van der Waals surface area contributed by atoms with Crippen LogP contribution in [0.15, 0.2) is 48.0 Å². The highest BCUT2D eigenvalue weighted by Crippen LogP contribution is 2.36. The molecule has 2 aromatic heterocycles.